The summed E-state index contributed by atoms with van der Waals surface area (Å²) >= 11 is 0.383. The maximum atomic E-state index is 13.5. The van der Waals surface area contributed by atoms with Gasteiger partial charge in [0.15, 0.2) is 5.82 Å². The molecule has 0 bridgehead atoms. The third-order valence-corrected chi connectivity index (χ3v) is 6.93. The van der Waals surface area contributed by atoms with Crippen LogP contribution in [-0.4, -0.2) is 66.2 Å². The Morgan fingerprint density at radius 3 is 2.18 bits per heavy atom. The average molecular weight is 563 g/mol. The van der Waals surface area contributed by atoms with Gasteiger partial charge >= 0.3 is 12.4 Å². The van der Waals surface area contributed by atoms with Gasteiger partial charge in [0.05, 0.1) is 0 Å². The van der Waals surface area contributed by atoms with Gasteiger partial charge in [-0.05, 0) is 6.92 Å². The SMILES string of the molecule is CC1CN(c2sc(C(F)(F)F)nc2-c2cnc(C(F)(F)F)nc2)CCN1C(=O)Cn1cnc(C(C)(C)C)n1. The summed E-state index contributed by atoms with van der Waals surface area (Å²) in [6.45, 7) is 8.15. The van der Waals surface area contributed by atoms with Gasteiger partial charge in [0, 0.05) is 49.0 Å². The van der Waals surface area contributed by atoms with Gasteiger partial charge in [-0.3, -0.25) is 4.79 Å². The molecule has 38 heavy (non-hydrogen) atoms. The largest absolute Gasteiger partial charge is 0.451 e. The van der Waals surface area contributed by atoms with E-state index in [0.717, 1.165) is 12.4 Å². The number of alkyl halides is 6. The monoisotopic (exact) mass is 562 g/mol. The Hall–Kier alpha value is -3.30. The number of hydrogen-bond donors (Lipinski definition) is 0. The van der Waals surface area contributed by atoms with E-state index in [2.05, 4.69) is 25.0 Å². The van der Waals surface area contributed by atoms with E-state index in [1.807, 2.05) is 20.8 Å². The molecule has 4 rings (SSSR count). The number of rotatable bonds is 4. The van der Waals surface area contributed by atoms with E-state index < -0.39 is 23.2 Å². The molecule has 0 radical (unpaired) electrons. The zero-order valence-electron chi connectivity index (χ0n) is 20.8. The van der Waals surface area contributed by atoms with Crippen molar-refractivity contribution < 1.29 is 31.1 Å². The van der Waals surface area contributed by atoms with Crippen molar-refractivity contribution in [1.29, 1.82) is 0 Å². The molecule has 1 saturated heterocycles. The van der Waals surface area contributed by atoms with Crippen LogP contribution < -0.4 is 4.90 Å². The fourth-order valence-electron chi connectivity index (χ4n) is 3.89. The van der Waals surface area contributed by atoms with E-state index in [-0.39, 0.29) is 59.8 Å². The molecule has 0 saturated carbocycles. The molecule has 16 heteroatoms. The first-order valence-corrected chi connectivity index (χ1v) is 12.3. The van der Waals surface area contributed by atoms with Crippen LogP contribution in [0.15, 0.2) is 18.7 Å². The van der Waals surface area contributed by atoms with Crippen LogP contribution >= 0.6 is 11.3 Å². The van der Waals surface area contributed by atoms with E-state index in [1.165, 1.54) is 11.0 Å². The van der Waals surface area contributed by atoms with E-state index in [4.69, 9.17) is 0 Å². The fraction of sp³-hybridized carbons (Fsp3) is 0.545. The van der Waals surface area contributed by atoms with Crippen LogP contribution in [0.1, 0.15) is 44.4 Å². The molecule has 0 spiro atoms. The lowest BCUT2D eigenvalue weighted by Crippen LogP contribution is -2.54. The molecule has 1 aliphatic rings. The number of carbonyl (C=O) groups is 1. The number of nitrogens with zero attached hydrogens (tertiary/aromatic N) is 8. The second-order valence-corrected chi connectivity index (χ2v) is 10.8. The van der Waals surface area contributed by atoms with E-state index in [9.17, 15) is 31.1 Å². The quantitative estimate of drug-likeness (QED) is 0.439. The molecular formula is C22H24F6N8OS. The molecule has 1 atom stereocenters. The summed E-state index contributed by atoms with van der Waals surface area (Å²) in [6.07, 6.45) is -6.45. The number of aromatic nitrogens is 6. The van der Waals surface area contributed by atoms with Gasteiger partial charge in [0.25, 0.3) is 0 Å². The molecule has 3 aromatic heterocycles. The highest BCUT2D eigenvalue weighted by molar-refractivity contribution is 7.16. The lowest BCUT2D eigenvalue weighted by molar-refractivity contribution is -0.145. The van der Waals surface area contributed by atoms with Gasteiger partial charge in [0.2, 0.25) is 16.7 Å². The number of hydrogen-bond acceptors (Lipinski definition) is 8. The summed E-state index contributed by atoms with van der Waals surface area (Å²) in [5, 5.41) is 3.32. The Kier molecular flexibility index (Phi) is 7.14. The van der Waals surface area contributed by atoms with Gasteiger partial charge in [-0.1, -0.05) is 32.1 Å². The van der Waals surface area contributed by atoms with Crippen molar-refractivity contribution in [2.75, 3.05) is 24.5 Å². The van der Waals surface area contributed by atoms with Crippen LogP contribution in [0, 0.1) is 0 Å². The van der Waals surface area contributed by atoms with Crippen LogP contribution in [0.2, 0.25) is 0 Å². The molecule has 3 aromatic rings. The van der Waals surface area contributed by atoms with Crippen molar-refractivity contribution in [3.05, 3.63) is 35.4 Å². The van der Waals surface area contributed by atoms with Gasteiger partial charge < -0.3 is 9.80 Å². The Bertz CT molecular complexity index is 1290. The molecule has 1 amide bonds. The Morgan fingerprint density at radius 1 is 1.00 bits per heavy atom. The zero-order chi connectivity index (χ0) is 28.0. The van der Waals surface area contributed by atoms with Crippen LogP contribution in [0.5, 0.6) is 0 Å². The summed E-state index contributed by atoms with van der Waals surface area (Å²) in [4.78, 5) is 30.6. The molecule has 0 N–H and O–H groups in total. The van der Waals surface area contributed by atoms with Crippen molar-refractivity contribution >= 4 is 22.2 Å². The van der Waals surface area contributed by atoms with Gasteiger partial charge in [-0.25, -0.2) is 24.6 Å². The number of carbonyl (C=O) groups excluding carboxylic acids is 1. The third-order valence-electron chi connectivity index (χ3n) is 5.77. The molecular weight excluding hydrogens is 538 g/mol. The Labute approximate surface area is 217 Å². The van der Waals surface area contributed by atoms with E-state index >= 15 is 0 Å². The second kappa shape index (κ2) is 9.78. The maximum Gasteiger partial charge on any atom is 0.451 e. The first-order valence-electron chi connectivity index (χ1n) is 11.5. The van der Waals surface area contributed by atoms with Crippen LogP contribution in [0.3, 0.4) is 0 Å². The van der Waals surface area contributed by atoms with Crippen molar-refractivity contribution in [3.8, 4) is 11.3 Å². The minimum absolute atomic E-state index is 0.0413. The van der Waals surface area contributed by atoms with Crippen molar-refractivity contribution in [3.63, 3.8) is 0 Å². The number of anilines is 1. The average Bonchev–Trinajstić information content (AvgIpc) is 3.46. The topological polar surface area (TPSA) is 92.9 Å². The number of piperazine rings is 1. The second-order valence-electron chi connectivity index (χ2n) is 9.86. The van der Waals surface area contributed by atoms with Gasteiger partial charge in [0.1, 0.15) is 23.6 Å². The van der Waals surface area contributed by atoms with Crippen molar-refractivity contribution in [2.45, 2.75) is 58.0 Å². The highest BCUT2D eigenvalue weighted by Gasteiger charge is 2.39. The van der Waals surface area contributed by atoms with E-state index in [1.54, 1.807) is 16.7 Å². The van der Waals surface area contributed by atoms with E-state index in [0.29, 0.717) is 17.2 Å². The van der Waals surface area contributed by atoms with Gasteiger partial charge in [-0.2, -0.15) is 31.4 Å². The fourth-order valence-corrected chi connectivity index (χ4v) is 4.88. The standard InChI is InChI=1S/C22H24F6N8OS/c1-12-9-34(5-6-36(12)14(37)10-35-11-31-17(33-35)20(2,3)4)16-15(32-19(38-16)22(26,27)28)13-7-29-18(30-8-13)21(23,24)25/h7-8,11-12H,5-6,9-10H2,1-4H3. The van der Waals surface area contributed by atoms with Crippen LogP contribution in [0.25, 0.3) is 11.3 Å². The van der Waals surface area contributed by atoms with Gasteiger partial charge in [-0.15, -0.1) is 0 Å². The third kappa shape index (κ3) is 5.89. The predicted octanol–water partition coefficient (Wildman–Crippen LogP) is 4.26. The smallest absolute Gasteiger partial charge is 0.358 e. The summed E-state index contributed by atoms with van der Waals surface area (Å²) in [7, 11) is 0. The normalized spacial score (nSPS) is 17.3. The number of halogens is 6. The first-order chi connectivity index (χ1) is 17.5. The molecule has 206 valence electrons. The number of amides is 1. The minimum Gasteiger partial charge on any atom is -0.358 e. The number of thiazole rings is 1. The molecule has 0 aromatic carbocycles. The maximum absolute atomic E-state index is 13.5. The highest BCUT2D eigenvalue weighted by Crippen LogP contribution is 2.43. The lowest BCUT2D eigenvalue weighted by atomic mass is 9.96. The van der Waals surface area contributed by atoms with Crippen LogP contribution in [0.4, 0.5) is 31.3 Å². The summed E-state index contributed by atoms with van der Waals surface area (Å²) in [5.41, 5.74) is -0.528. The molecule has 1 aliphatic heterocycles. The Morgan fingerprint density at radius 2 is 1.66 bits per heavy atom. The summed E-state index contributed by atoms with van der Waals surface area (Å²) in [6, 6.07) is -0.380. The minimum atomic E-state index is -4.79. The summed E-state index contributed by atoms with van der Waals surface area (Å²) in [5.74, 6) is -1.04. The molecule has 9 nitrogen and oxygen atoms in total. The Balaban J connectivity index is 1.54. The molecule has 0 aliphatic carbocycles. The highest BCUT2D eigenvalue weighted by atomic mass is 32.1. The lowest BCUT2D eigenvalue weighted by Gasteiger charge is -2.40. The molecule has 1 unspecified atom stereocenters. The van der Waals surface area contributed by atoms with Crippen LogP contribution in [-0.2, 0) is 29.1 Å². The predicted molar refractivity (Wildman–Crippen MR) is 125 cm³/mol. The van der Waals surface area contributed by atoms with Crippen molar-refractivity contribution in [2.24, 2.45) is 0 Å². The zero-order valence-corrected chi connectivity index (χ0v) is 21.6. The summed E-state index contributed by atoms with van der Waals surface area (Å²) < 4.78 is 80.5. The molecule has 1 fully saturated rings. The molecule has 4 heterocycles. The van der Waals surface area contributed by atoms with Crippen molar-refractivity contribution in [1.82, 2.24) is 34.6 Å². The first kappa shape index (κ1) is 27.7.